The van der Waals surface area contributed by atoms with Gasteiger partial charge in [-0.1, -0.05) is 24.3 Å². The van der Waals surface area contributed by atoms with E-state index in [9.17, 15) is 0 Å². The Morgan fingerprint density at radius 2 is 1.19 bits per heavy atom. The maximum absolute atomic E-state index is 6.58. The van der Waals surface area contributed by atoms with Crippen molar-refractivity contribution in [1.29, 1.82) is 0 Å². The Morgan fingerprint density at radius 3 is 1.97 bits per heavy atom. The molecule has 154 valence electrons. The Kier molecular flexibility index (Phi) is 3.36. The van der Waals surface area contributed by atoms with Crippen LogP contribution in [0.3, 0.4) is 0 Å². The average molecular weight is 416 g/mol. The minimum Gasteiger partial charge on any atom is -0.458 e. The molecular formula is C28H21BO3. The minimum atomic E-state index is 0.0576. The lowest BCUT2D eigenvalue weighted by Gasteiger charge is -2.38. The van der Waals surface area contributed by atoms with Crippen molar-refractivity contribution in [3.63, 3.8) is 0 Å². The van der Waals surface area contributed by atoms with Gasteiger partial charge in [0.25, 0.3) is 6.71 Å². The van der Waals surface area contributed by atoms with E-state index < -0.39 is 0 Å². The van der Waals surface area contributed by atoms with Gasteiger partial charge in [0.1, 0.15) is 34.5 Å². The third-order valence-corrected chi connectivity index (χ3v) is 7.37. The fourth-order valence-corrected chi connectivity index (χ4v) is 5.43. The normalized spacial score (nSPS) is 13.7. The van der Waals surface area contributed by atoms with Gasteiger partial charge >= 0.3 is 0 Å². The van der Waals surface area contributed by atoms with Crippen molar-refractivity contribution in [2.45, 2.75) is 27.7 Å². The summed E-state index contributed by atoms with van der Waals surface area (Å²) in [6.45, 7) is 8.69. The Balaban J connectivity index is 1.54. The predicted octanol–water partition coefficient (Wildman–Crippen LogP) is 5.42. The summed E-state index contributed by atoms with van der Waals surface area (Å²) in [6.07, 6.45) is 0. The summed E-state index contributed by atoms with van der Waals surface area (Å²) in [7, 11) is 0. The van der Waals surface area contributed by atoms with Crippen molar-refractivity contribution in [3.8, 4) is 45.6 Å². The zero-order valence-corrected chi connectivity index (χ0v) is 18.5. The fraction of sp³-hybridized carbons (Fsp3) is 0.143. The van der Waals surface area contributed by atoms with E-state index in [4.69, 9.17) is 14.2 Å². The molecule has 0 saturated carbocycles. The van der Waals surface area contributed by atoms with E-state index in [1.807, 2.05) is 18.2 Å². The van der Waals surface area contributed by atoms with E-state index in [1.165, 1.54) is 22.3 Å². The summed E-state index contributed by atoms with van der Waals surface area (Å²) < 4.78 is 19.3. The molecule has 3 aliphatic rings. The Labute approximate surface area is 187 Å². The van der Waals surface area contributed by atoms with E-state index in [1.54, 1.807) is 0 Å². The number of rotatable bonds is 1. The number of hydrogen-bond donors (Lipinski definition) is 0. The Hall–Kier alpha value is -3.66. The molecule has 0 bridgehead atoms. The first-order chi connectivity index (χ1) is 15.5. The highest BCUT2D eigenvalue weighted by atomic mass is 16.5. The first-order valence-corrected chi connectivity index (χ1v) is 11.1. The Bertz CT molecular complexity index is 1500. The molecule has 0 fully saturated rings. The third-order valence-electron chi connectivity index (χ3n) is 7.37. The second-order valence-corrected chi connectivity index (χ2v) is 9.10. The van der Waals surface area contributed by atoms with Crippen LogP contribution in [0.25, 0.3) is 11.1 Å². The molecule has 3 nitrogen and oxygen atoms in total. The van der Waals surface area contributed by atoms with Gasteiger partial charge in [0.15, 0.2) is 0 Å². The molecule has 7 rings (SSSR count). The molecule has 0 aromatic heterocycles. The molecule has 3 aliphatic heterocycles. The van der Waals surface area contributed by atoms with Crippen LogP contribution in [0.2, 0.25) is 0 Å². The smallest absolute Gasteiger partial charge is 0.270 e. The van der Waals surface area contributed by atoms with Crippen LogP contribution in [0.15, 0.2) is 54.6 Å². The standard InChI is InChI=1S/C28H21BO3/c1-14-8-10-19(17(4)16(14)3)18-12-23-26-24(13-18)32-28-15(2)9-11-22-27(28)29(26)25-20(30-22)6-5-7-21(25)31-23/h5-13H,1-4H3. The summed E-state index contributed by atoms with van der Waals surface area (Å²) >= 11 is 0. The number of aryl methyl sites for hydroxylation is 2. The highest BCUT2D eigenvalue weighted by Gasteiger charge is 2.46. The summed E-state index contributed by atoms with van der Waals surface area (Å²) in [5, 5.41) is 0. The summed E-state index contributed by atoms with van der Waals surface area (Å²) in [4.78, 5) is 0. The van der Waals surface area contributed by atoms with E-state index in [0.29, 0.717) is 0 Å². The van der Waals surface area contributed by atoms with Crippen LogP contribution in [-0.4, -0.2) is 6.71 Å². The van der Waals surface area contributed by atoms with Crippen LogP contribution >= 0.6 is 0 Å². The molecule has 0 radical (unpaired) electrons. The average Bonchev–Trinajstić information content (AvgIpc) is 2.79. The molecule has 4 aromatic rings. The molecule has 0 unspecified atom stereocenters. The van der Waals surface area contributed by atoms with E-state index >= 15 is 0 Å². The molecule has 0 aliphatic carbocycles. The lowest BCUT2D eigenvalue weighted by molar-refractivity contribution is 0.441. The topological polar surface area (TPSA) is 27.7 Å². The molecule has 0 spiro atoms. The first-order valence-electron chi connectivity index (χ1n) is 11.1. The number of hydrogen-bond acceptors (Lipinski definition) is 3. The maximum atomic E-state index is 6.58. The van der Waals surface area contributed by atoms with Gasteiger partial charge in [-0.25, -0.2) is 0 Å². The van der Waals surface area contributed by atoms with Gasteiger partial charge in [-0.15, -0.1) is 0 Å². The number of benzene rings is 4. The molecule has 0 atom stereocenters. The summed E-state index contributed by atoms with van der Waals surface area (Å²) in [5.41, 5.74) is 10.6. The second kappa shape index (κ2) is 5.98. The Morgan fingerprint density at radius 1 is 0.562 bits per heavy atom. The molecule has 4 heteroatoms. The van der Waals surface area contributed by atoms with Crippen LogP contribution in [0, 0.1) is 27.7 Å². The zero-order valence-electron chi connectivity index (χ0n) is 18.5. The van der Waals surface area contributed by atoms with Gasteiger partial charge in [0, 0.05) is 16.4 Å². The number of ether oxygens (including phenoxy) is 3. The molecule has 4 aromatic carbocycles. The molecular weight excluding hydrogens is 395 g/mol. The van der Waals surface area contributed by atoms with Gasteiger partial charge in [-0.2, -0.15) is 0 Å². The van der Waals surface area contributed by atoms with E-state index in [0.717, 1.165) is 62.0 Å². The summed E-state index contributed by atoms with van der Waals surface area (Å²) in [5.74, 6) is 5.23. The van der Waals surface area contributed by atoms with Crippen LogP contribution in [0.5, 0.6) is 34.5 Å². The molecule has 0 saturated heterocycles. The van der Waals surface area contributed by atoms with Crippen molar-refractivity contribution >= 4 is 23.1 Å². The lowest BCUT2D eigenvalue weighted by Crippen LogP contribution is -2.59. The van der Waals surface area contributed by atoms with Crippen molar-refractivity contribution < 1.29 is 14.2 Å². The largest absolute Gasteiger partial charge is 0.458 e. The van der Waals surface area contributed by atoms with Crippen molar-refractivity contribution in [1.82, 2.24) is 0 Å². The van der Waals surface area contributed by atoms with E-state index in [-0.39, 0.29) is 6.71 Å². The van der Waals surface area contributed by atoms with Crippen LogP contribution < -0.4 is 30.6 Å². The molecule has 0 amide bonds. The van der Waals surface area contributed by atoms with Crippen LogP contribution in [0.4, 0.5) is 0 Å². The second-order valence-electron chi connectivity index (χ2n) is 9.10. The van der Waals surface area contributed by atoms with Crippen molar-refractivity contribution in [2.75, 3.05) is 0 Å². The molecule has 0 N–H and O–H groups in total. The molecule has 32 heavy (non-hydrogen) atoms. The van der Waals surface area contributed by atoms with E-state index in [2.05, 4.69) is 64.1 Å². The minimum absolute atomic E-state index is 0.0576. The van der Waals surface area contributed by atoms with Gasteiger partial charge in [-0.3, -0.25) is 0 Å². The third kappa shape index (κ3) is 2.17. The fourth-order valence-electron chi connectivity index (χ4n) is 5.43. The maximum Gasteiger partial charge on any atom is 0.270 e. The molecule has 3 heterocycles. The van der Waals surface area contributed by atoms with Gasteiger partial charge in [-0.05, 0) is 91.4 Å². The highest BCUT2D eigenvalue weighted by Crippen LogP contribution is 2.44. The van der Waals surface area contributed by atoms with Gasteiger partial charge < -0.3 is 14.2 Å². The van der Waals surface area contributed by atoms with Gasteiger partial charge in [0.05, 0.1) is 0 Å². The van der Waals surface area contributed by atoms with Gasteiger partial charge in [0.2, 0.25) is 0 Å². The SMILES string of the molecule is Cc1ccc(-c2cc3c4c(c2)Oc2c(C)ccc5c2B4c2c(cccc2O5)O3)c(C)c1C. The zero-order chi connectivity index (χ0) is 21.7. The predicted molar refractivity (Wildman–Crippen MR) is 129 cm³/mol. The van der Waals surface area contributed by atoms with Crippen LogP contribution in [-0.2, 0) is 0 Å². The summed E-state index contributed by atoms with van der Waals surface area (Å²) in [6, 6.07) is 18.9. The first kappa shape index (κ1) is 18.0. The quantitative estimate of drug-likeness (QED) is 0.335. The lowest BCUT2D eigenvalue weighted by atomic mass is 9.33. The van der Waals surface area contributed by atoms with Crippen molar-refractivity contribution in [3.05, 3.63) is 76.9 Å². The highest BCUT2D eigenvalue weighted by molar-refractivity contribution is 6.99. The van der Waals surface area contributed by atoms with Crippen molar-refractivity contribution in [2.24, 2.45) is 0 Å². The monoisotopic (exact) mass is 416 g/mol. The van der Waals surface area contributed by atoms with Crippen LogP contribution in [0.1, 0.15) is 22.3 Å².